The van der Waals surface area contributed by atoms with Crippen molar-refractivity contribution in [1.82, 2.24) is 15.5 Å². The van der Waals surface area contributed by atoms with E-state index in [0.717, 1.165) is 5.56 Å². The smallest absolute Gasteiger partial charge is 0.279 e. The number of nitrogens with one attached hydrogen (secondary N) is 3. The molecule has 2 rings (SSSR count). The third-order valence-corrected chi connectivity index (χ3v) is 4.45. The fraction of sp³-hybridized carbons (Fsp3) is 0.250. The van der Waals surface area contributed by atoms with Crippen molar-refractivity contribution in [1.29, 1.82) is 0 Å². The highest BCUT2D eigenvalue weighted by molar-refractivity contribution is 7.92. The number of aromatic nitrogens is 2. The second-order valence-electron chi connectivity index (χ2n) is 4.29. The molecular weight excluding hydrogens is 300 g/mol. The second-order valence-corrected chi connectivity index (χ2v) is 6.32. The van der Waals surface area contributed by atoms with Crippen molar-refractivity contribution in [2.45, 2.75) is 18.5 Å². The first-order valence-electron chi connectivity index (χ1n) is 5.90. The molecule has 8 heteroatoms. The average molecular weight is 315 g/mol. The fourth-order valence-electron chi connectivity index (χ4n) is 1.79. The Balaban J connectivity index is 2.39. The summed E-state index contributed by atoms with van der Waals surface area (Å²) in [5.74, 6) is 0. The van der Waals surface area contributed by atoms with Crippen molar-refractivity contribution in [3.63, 3.8) is 0 Å². The topological polar surface area (TPSA) is 86.9 Å². The normalized spacial score (nSPS) is 11.6. The molecule has 1 aromatic carbocycles. The summed E-state index contributed by atoms with van der Waals surface area (Å²) in [4.78, 5) is 0. The molecule has 1 aromatic heterocycles. The maximum Gasteiger partial charge on any atom is 0.279 e. The van der Waals surface area contributed by atoms with Crippen LogP contribution in [0.3, 0.4) is 0 Å². The predicted molar refractivity (Wildman–Crippen MR) is 78.3 cm³/mol. The number of anilines is 1. The lowest BCUT2D eigenvalue weighted by molar-refractivity contribution is 0.595. The molecule has 20 heavy (non-hydrogen) atoms. The van der Waals surface area contributed by atoms with Crippen molar-refractivity contribution in [3.8, 4) is 0 Å². The number of sulfonamides is 1. The van der Waals surface area contributed by atoms with Crippen LogP contribution in [0.5, 0.6) is 0 Å². The quantitative estimate of drug-likeness (QED) is 0.786. The van der Waals surface area contributed by atoms with Crippen molar-refractivity contribution in [2.75, 3.05) is 11.8 Å². The zero-order valence-corrected chi connectivity index (χ0v) is 12.6. The van der Waals surface area contributed by atoms with Crippen LogP contribution in [0.2, 0.25) is 5.02 Å². The molecule has 0 aliphatic heterocycles. The Morgan fingerprint density at radius 2 is 2.15 bits per heavy atom. The van der Waals surface area contributed by atoms with Gasteiger partial charge in [-0.25, -0.2) is 0 Å². The largest absolute Gasteiger partial charge is 0.316 e. The number of rotatable bonds is 5. The Morgan fingerprint density at radius 3 is 2.80 bits per heavy atom. The fourth-order valence-corrected chi connectivity index (χ4v) is 3.40. The van der Waals surface area contributed by atoms with E-state index in [1.807, 2.05) is 0 Å². The van der Waals surface area contributed by atoms with Gasteiger partial charge in [-0.2, -0.15) is 13.5 Å². The van der Waals surface area contributed by atoms with E-state index in [1.165, 1.54) is 6.20 Å². The molecule has 0 unspecified atom stereocenters. The molecule has 108 valence electrons. The molecule has 0 saturated heterocycles. The minimum absolute atomic E-state index is 0.0335. The number of aryl methyl sites for hydroxylation is 1. The van der Waals surface area contributed by atoms with Crippen LogP contribution < -0.4 is 10.0 Å². The summed E-state index contributed by atoms with van der Waals surface area (Å²) in [5.41, 5.74) is 1.68. The number of aromatic amines is 1. The zero-order chi connectivity index (χ0) is 14.8. The van der Waals surface area contributed by atoms with Crippen LogP contribution in [0.15, 0.2) is 29.4 Å². The molecule has 2 aromatic rings. The molecule has 0 spiro atoms. The third kappa shape index (κ3) is 2.95. The number of benzene rings is 1. The monoisotopic (exact) mass is 314 g/mol. The molecule has 6 nitrogen and oxygen atoms in total. The number of nitrogens with zero attached hydrogens (tertiary/aromatic N) is 1. The van der Waals surface area contributed by atoms with E-state index in [4.69, 9.17) is 11.6 Å². The van der Waals surface area contributed by atoms with Gasteiger partial charge in [-0.1, -0.05) is 23.7 Å². The Hall–Kier alpha value is -1.57. The van der Waals surface area contributed by atoms with Gasteiger partial charge in [0.15, 0.2) is 5.03 Å². The molecule has 0 saturated carbocycles. The molecule has 3 N–H and O–H groups in total. The van der Waals surface area contributed by atoms with Crippen LogP contribution >= 0.6 is 11.6 Å². The standard InChI is InChI=1S/C12H15ClN4O2S/c1-8-4-3-5-10(13)11(8)17-20(18,19)12-9(6-14-2)7-15-16-12/h3-5,7,14,17H,6H2,1-2H3,(H,15,16). The van der Waals surface area contributed by atoms with Crippen LogP contribution in [0.4, 0.5) is 5.69 Å². The van der Waals surface area contributed by atoms with Crippen LogP contribution in [0.25, 0.3) is 0 Å². The molecule has 0 radical (unpaired) electrons. The maximum absolute atomic E-state index is 12.4. The third-order valence-electron chi connectivity index (χ3n) is 2.77. The van der Waals surface area contributed by atoms with Gasteiger partial charge < -0.3 is 5.32 Å². The zero-order valence-electron chi connectivity index (χ0n) is 11.1. The minimum atomic E-state index is -3.76. The average Bonchev–Trinajstić information content (AvgIpc) is 2.84. The summed E-state index contributed by atoms with van der Waals surface area (Å²) in [5, 5.41) is 9.56. The highest BCUT2D eigenvalue weighted by atomic mass is 35.5. The number of para-hydroxylation sites is 1. The maximum atomic E-state index is 12.4. The summed E-state index contributed by atoms with van der Waals surface area (Å²) >= 11 is 6.03. The van der Waals surface area contributed by atoms with E-state index in [9.17, 15) is 8.42 Å². The Kier molecular flexibility index (Phi) is 4.32. The van der Waals surface area contributed by atoms with E-state index < -0.39 is 10.0 Å². The summed E-state index contributed by atoms with van der Waals surface area (Å²) in [6.45, 7) is 2.18. The van der Waals surface area contributed by atoms with Gasteiger partial charge in [-0.15, -0.1) is 0 Å². The predicted octanol–water partition coefficient (Wildman–Crippen LogP) is 1.89. The van der Waals surface area contributed by atoms with Crippen molar-refractivity contribution in [3.05, 3.63) is 40.5 Å². The molecule has 0 aliphatic rings. The first kappa shape index (κ1) is 14.8. The van der Waals surface area contributed by atoms with Gasteiger partial charge in [0.05, 0.1) is 16.9 Å². The van der Waals surface area contributed by atoms with Gasteiger partial charge in [-0.3, -0.25) is 9.82 Å². The number of hydrogen-bond donors (Lipinski definition) is 3. The lowest BCUT2D eigenvalue weighted by Gasteiger charge is -2.12. The molecular formula is C12H15ClN4O2S. The van der Waals surface area contributed by atoms with Gasteiger partial charge in [0.1, 0.15) is 0 Å². The molecule has 0 fully saturated rings. The summed E-state index contributed by atoms with van der Waals surface area (Å²) in [6.07, 6.45) is 1.48. The Morgan fingerprint density at radius 1 is 1.40 bits per heavy atom. The van der Waals surface area contributed by atoms with Gasteiger partial charge in [0.25, 0.3) is 10.0 Å². The van der Waals surface area contributed by atoms with E-state index in [-0.39, 0.29) is 5.03 Å². The molecule has 1 heterocycles. The van der Waals surface area contributed by atoms with Crippen LogP contribution in [0, 0.1) is 6.92 Å². The summed E-state index contributed by atoms with van der Waals surface area (Å²) in [7, 11) is -2.03. The second kappa shape index (κ2) is 5.82. The SMILES string of the molecule is CNCc1cn[nH]c1S(=O)(=O)Nc1c(C)cccc1Cl. The molecule has 0 atom stereocenters. The van der Waals surface area contributed by atoms with Gasteiger partial charge >= 0.3 is 0 Å². The Bertz CT molecular complexity index is 692. The summed E-state index contributed by atoms with van der Waals surface area (Å²) < 4.78 is 27.3. The number of hydrogen-bond acceptors (Lipinski definition) is 4. The molecule has 0 bridgehead atoms. The minimum Gasteiger partial charge on any atom is -0.316 e. The van der Waals surface area contributed by atoms with E-state index >= 15 is 0 Å². The summed E-state index contributed by atoms with van der Waals surface area (Å²) in [6, 6.07) is 5.18. The van der Waals surface area contributed by atoms with Crippen LogP contribution in [-0.2, 0) is 16.6 Å². The van der Waals surface area contributed by atoms with Gasteiger partial charge in [0, 0.05) is 12.1 Å². The van der Waals surface area contributed by atoms with Gasteiger partial charge in [-0.05, 0) is 25.6 Å². The van der Waals surface area contributed by atoms with Gasteiger partial charge in [0.2, 0.25) is 0 Å². The first-order chi connectivity index (χ1) is 9.45. The first-order valence-corrected chi connectivity index (χ1v) is 7.76. The van der Waals surface area contributed by atoms with E-state index in [2.05, 4.69) is 20.2 Å². The van der Waals surface area contributed by atoms with Crippen LogP contribution in [-0.4, -0.2) is 25.7 Å². The Labute approximate surface area is 122 Å². The lowest BCUT2D eigenvalue weighted by atomic mass is 10.2. The highest BCUT2D eigenvalue weighted by Gasteiger charge is 2.22. The van der Waals surface area contributed by atoms with Crippen molar-refractivity contribution >= 4 is 27.3 Å². The number of H-pyrrole nitrogens is 1. The number of halogens is 1. The van der Waals surface area contributed by atoms with Crippen molar-refractivity contribution < 1.29 is 8.42 Å². The van der Waals surface area contributed by atoms with E-state index in [1.54, 1.807) is 32.2 Å². The molecule has 0 amide bonds. The van der Waals surface area contributed by atoms with Crippen LogP contribution in [0.1, 0.15) is 11.1 Å². The molecule has 0 aliphatic carbocycles. The van der Waals surface area contributed by atoms with E-state index in [0.29, 0.717) is 22.8 Å². The highest BCUT2D eigenvalue weighted by Crippen LogP contribution is 2.28. The lowest BCUT2D eigenvalue weighted by Crippen LogP contribution is -2.18. The van der Waals surface area contributed by atoms with Crippen molar-refractivity contribution in [2.24, 2.45) is 0 Å².